The molecule has 1 aliphatic rings. The molecule has 1 aliphatic heterocycles. The van der Waals surface area contributed by atoms with Gasteiger partial charge in [-0.05, 0) is 37.1 Å². The van der Waals surface area contributed by atoms with Gasteiger partial charge in [-0.25, -0.2) is 0 Å². The smallest absolute Gasteiger partial charge is 0.284 e. The highest BCUT2D eigenvalue weighted by atomic mass is 35.5. The van der Waals surface area contributed by atoms with Gasteiger partial charge < -0.3 is 15.1 Å². The van der Waals surface area contributed by atoms with Crippen LogP contribution in [0.4, 0.5) is 11.4 Å². The minimum absolute atomic E-state index is 0.0148. The predicted molar refractivity (Wildman–Crippen MR) is 109 cm³/mol. The lowest BCUT2D eigenvalue weighted by Gasteiger charge is -2.25. The summed E-state index contributed by atoms with van der Waals surface area (Å²) >= 11 is 12.2. The SMILES string of the molecule is C[C@@H](C(=O)N1CCc2ccccc21)[NH+](C)CC(=O)Nc1c(Cl)cccc1Cl. The number of carbonyl (C=O) groups is 2. The Hall–Kier alpha value is -2.08. The molecule has 0 aliphatic carbocycles. The summed E-state index contributed by atoms with van der Waals surface area (Å²) < 4.78 is 0. The Morgan fingerprint density at radius 2 is 1.81 bits per heavy atom. The Morgan fingerprint density at radius 3 is 2.52 bits per heavy atom. The van der Waals surface area contributed by atoms with Crippen molar-refractivity contribution in [3.63, 3.8) is 0 Å². The van der Waals surface area contributed by atoms with Crippen LogP contribution in [0.25, 0.3) is 0 Å². The summed E-state index contributed by atoms with van der Waals surface area (Å²) in [7, 11) is 1.83. The van der Waals surface area contributed by atoms with Crippen molar-refractivity contribution in [3.05, 3.63) is 58.1 Å². The molecule has 1 unspecified atom stereocenters. The van der Waals surface area contributed by atoms with E-state index in [1.165, 1.54) is 5.56 Å². The summed E-state index contributed by atoms with van der Waals surface area (Å²) in [6.45, 7) is 2.65. The van der Waals surface area contributed by atoms with E-state index in [0.717, 1.165) is 17.0 Å². The average Bonchev–Trinajstić information content (AvgIpc) is 3.07. The molecule has 0 bridgehead atoms. The first-order valence-electron chi connectivity index (χ1n) is 8.84. The zero-order valence-corrected chi connectivity index (χ0v) is 16.8. The molecule has 0 aromatic heterocycles. The van der Waals surface area contributed by atoms with E-state index in [4.69, 9.17) is 23.2 Å². The first-order chi connectivity index (χ1) is 12.9. The van der Waals surface area contributed by atoms with Gasteiger partial charge >= 0.3 is 0 Å². The number of benzene rings is 2. The third kappa shape index (κ3) is 4.26. The van der Waals surface area contributed by atoms with Crippen molar-refractivity contribution in [2.24, 2.45) is 0 Å². The van der Waals surface area contributed by atoms with Gasteiger partial charge in [0.25, 0.3) is 11.8 Å². The maximum Gasteiger partial charge on any atom is 0.284 e. The molecule has 2 N–H and O–H groups in total. The Kier molecular flexibility index (Phi) is 6.05. The number of carbonyl (C=O) groups excluding carboxylic acids is 2. The first kappa shape index (κ1) is 19.7. The largest absolute Gasteiger partial charge is 0.320 e. The zero-order valence-electron chi connectivity index (χ0n) is 15.3. The molecule has 0 spiro atoms. The van der Waals surface area contributed by atoms with Crippen LogP contribution in [-0.2, 0) is 16.0 Å². The van der Waals surface area contributed by atoms with Crippen molar-refractivity contribution >= 4 is 46.4 Å². The van der Waals surface area contributed by atoms with E-state index < -0.39 is 0 Å². The minimum atomic E-state index is -0.358. The van der Waals surface area contributed by atoms with Crippen LogP contribution in [0, 0.1) is 0 Å². The van der Waals surface area contributed by atoms with Crippen LogP contribution in [-0.4, -0.2) is 38.0 Å². The van der Waals surface area contributed by atoms with Gasteiger partial charge in [-0.2, -0.15) is 0 Å². The fourth-order valence-electron chi connectivity index (χ4n) is 3.22. The second-order valence-electron chi connectivity index (χ2n) is 6.76. The van der Waals surface area contributed by atoms with Crippen molar-refractivity contribution in [3.8, 4) is 0 Å². The van der Waals surface area contributed by atoms with E-state index in [2.05, 4.69) is 5.32 Å². The fourth-order valence-corrected chi connectivity index (χ4v) is 3.71. The van der Waals surface area contributed by atoms with Crippen LogP contribution < -0.4 is 15.1 Å². The molecular formula is C20H22Cl2N3O2+. The zero-order chi connectivity index (χ0) is 19.6. The van der Waals surface area contributed by atoms with E-state index in [0.29, 0.717) is 22.3 Å². The van der Waals surface area contributed by atoms with E-state index in [9.17, 15) is 9.59 Å². The number of anilines is 2. The van der Waals surface area contributed by atoms with Crippen LogP contribution in [0.1, 0.15) is 12.5 Å². The van der Waals surface area contributed by atoms with Crippen molar-refractivity contribution in [1.82, 2.24) is 0 Å². The number of fused-ring (bicyclic) bond motifs is 1. The molecule has 3 rings (SSSR count). The molecule has 7 heteroatoms. The number of amides is 2. The Morgan fingerprint density at radius 1 is 1.15 bits per heavy atom. The molecular weight excluding hydrogens is 385 g/mol. The molecule has 0 fully saturated rings. The Labute approximate surface area is 168 Å². The van der Waals surface area contributed by atoms with Crippen molar-refractivity contribution in [1.29, 1.82) is 0 Å². The van der Waals surface area contributed by atoms with Gasteiger partial charge in [0.15, 0.2) is 12.6 Å². The number of para-hydroxylation sites is 2. The van der Waals surface area contributed by atoms with Gasteiger partial charge in [-0.15, -0.1) is 0 Å². The predicted octanol–water partition coefficient (Wildman–Crippen LogP) is 2.42. The van der Waals surface area contributed by atoms with E-state index >= 15 is 0 Å². The van der Waals surface area contributed by atoms with Crippen LogP contribution in [0.15, 0.2) is 42.5 Å². The summed E-state index contributed by atoms with van der Waals surface area (Å²) in [5.41, 5.74) is 2.54. The number of halogens is 2. The third-order valence-electron chi connectivity index (χ3n) is 4.93. The highest BCUT2D eigenvalue weighted by molar-refractivity contribution is 6.39. The molecule has 2 amide bonds. The fraction of sp³-hybridized carbons (Fsp3) is 0.300. The quantitative estimate of drug-likeness (QED) is 0.800. The van der Waals surface area contributed by atoms with Crippen LogP contribution in [0.3, 0.4) is 0 Å². The molecule has 0 saturated carbocycles. The van der Waals surface area contributed by atoms with E-state index in [1.807, 2.05) is 43.1 Å². The van der Waals surface area contributed by atoms with Crippen LogP contribution >= 0.6 is 23.2 Å². The minimum Gasteiger partial charge on any atom is -0.320 e. The molecule has 2 aromatic rings. The van der Waals surface area contributed by atoms with Gasteiger partial charge in [-0.1, -0.05) is 47.5 Å². The monoisotopic (exact) mass is 406 g/mol. The number of likely N-dealkylation sites (N-methyl/N-ethyl adjacent to an activating group) is 1. The third-order valence-corrected chi connectivity index (χ3v) is 5.56. The molecule has 1 heterocycles. The van der Waals surface area contributed by atoms with Crippen molar-refractivity contribution in [2.45, 2.75) is 19.4 Å². The highest BCUT2D eigenvalue weighted by Gasteiger charge is 2.32. The summed E-state index contributed by atoms with van der Waals surface area (Å²) in [5, 5.41) is 3.50. The van der Waals surface area contributed by atoms with Gasteiger partial charge in [0.05, 0.1) is 22.8 Å². The maximum absolute atomic E-state index is 12.9. The second kappa shape index (κ2) is 8.30. The lowest BCUT2D eigenvalue weighted by Crippen LogP contribution is -3.15. The molecule has 2 atom stereocenters. The van der Waals surface area contributed by atoms with Crippen LogP contribution in [0.2, 0.25) is 10.0 Å². The van der Waals surface area contributed by atoms with Gasteiger partial charge in [0.1, 0.15) is 0 Å². The molecule has 5 nitrogen and oxygen atoms in total. The number of quaternary nitrogens is 1. The summed E-state index contributed by atoms with van der Waals surface area (Å²) in [4.78, 5) is 27.9. The maximum atomic E-state index is 12.9. The topological polar surface area (TPSA) is 53.9 Å². The number of hydrogen-bond donors (Lipinski definition) is 2. The van der Waals surface area contributed by atoms with Gasteiger partial charge in [0.2, 0.25) is 0 Å². The Balaban J connectivity index is 1.63. The molecule has 0 saturated heterocycles. The molecule has 0 radical (unpaired) electrons. The van der Waals surface area contributed by atoms with Gasteiger partial charge in [-0.3, -0.25) is 9.59 Å². The van der Waals surface area contributed by atoms with Crippen molar-refractivity contribution in [2.75, 3.05) is 30.4 Å². The van der Waals surface area contributed by atoms with Crippen molar-refractivity contribution < 1.29 is 14.5 Å². The summed E-state index contributed by atoms with van der Waals surface area (Å²) in [6, 6.07) is 12.6. The van der Waals surface area contributed by atoms with Crippen LogP contribution in [0.5, 0.6) is 0 Å². The van der Waals surface area contributed by atoms with E-state index in [-0.39, 0.29) is 24.4 Å². The molecule has 27 heavy (non-hydrogen) atoms. The normalized spacial score (nSPS) is 15.2. The standard InChI is InChI=1S/C20H21Cl2N3O2/c1-13(20(27)25-11-10-14-6-3-4-9-17(14)25)24(2)12-18(26)23-19-15(21)7-5-8-16(19)22/h3-9,13H,10-12H2,1-2H3,(H,23,26)/p+1/t13-/m0/s1. The molecule has 142 valence electrons. The lowest BCUT2D eigenvalue weighted by atomic mass is 10.2. The average molecular weight is 407 g/mol. The summed E-state index contributed by atoms with van der Waals surface area (Å²) in [5.74, 6) is -0.231. The Bertz CT molecular complexity index is 852. The summed E-state index contributed by atoms with van der Waals surface area (Å²) in [6.07, 6.45) is 0.860. The number of rotatable bonds is 5. The second-order valence-corrected chi connectivity index (χ2v) is 7.57. The highest BCUT2D eigenvalue weighted by Crippen LogP contribution is 2.29. The molecule has 2 aromatic carbocycles. The number of hydrogen-bond acceptors (Lipinski definition) is 2. The lowest BCUT2D eigenvalue weighted by molar-refractivity contribution is -0.885. The number of nitrogens with zero attached hydrogens (tertiary/aromatic N) is 1. The first-order valence-corrected chi connectivity index (χ1v) is 9.59. The van der Waals surface area contributed by atoms with E-state index in [1.54, 1.807) is 18.2 Å². The number of nitrogens with one attached hydrogen (secondary N) is 2. The van der Waals surface area contributed by atoms with Gasteiger partial charge in [0, 0.05) is 12.2 Å².